The molecule has 0 aliphatic carbocycles. The minimum absolute atomic E-state index is 0.183. The average molecular weight is 241 g/mol. The Morgan fingerprint density at radius 2 is 2.25 bits per heavy atom. The maximum Gasteiger partial charge on any atom is 0.315 e. The lowest BCUT2D eigenvalue weighted by Gasteiger charge is -2.15. The number of carbonyl (C=O) groups excluding carboxylic acids is 2. The summed E-state index contributed by atoms with van der Waals surface area (Å²) in [6, 6.07) is 4.01. The predicted octanol–water partition coefficient (Wildman–Crippen LogP) is 1.31. The number of rotatable bonds is 5. The fourth-order valence-corrected chi connectivity index (χ4v) is 1.89. The van der Waals surface area contributed by atoms with Crippen LogP contribution in [0.2, 0.25) is 0 Å². The van der Waals surface area contributed by atoms with Crippen molar-refractivity contribution in [1.29, 1.82) is 0 Å². The second-order valence-electron chi connectivity index (χ2n) is 3.40. The Bertz CT molecular complexity index is 348. The molecule has 0 unspecified atom stereocenters. The minimum Gasteiger partial charge on any atom is -0.469 e. The minimum atomic E-state index is -0.493. The van der Waals surface area contributed by atoms with Gasteiger partial charge in [0, 0.05) is 18.5 Å². The van der Waals surface area contributed by atoms with E-state index in [0.29, 0.717) is 6.54 Å². The molecule has 0 radical (unpaired) electrons. The summed E-state index contributed by atoms with van der Waals surface area (Å²) >= 11 is 1.67. The first-order valence-electron chi connectivity index (χ1n) is 4.96. The van der Waals surface area contributed by atoms with Crippen LogP contribution in [0.1, 0.15) is 11.3 Å². The van der Waals surface area contributed by atoms with Crippen molar-refractivity contribution < 1.29 is 14.3 Å². The van der Waals surface area contributed by atoms with Crippen LogP contribution in [0.3, 0.4) is 0 Å². The fraction of sp³-hybridized carbons (Fsp3) is 0.455. The van der Waals surface area contributed by atoms with Gasteiger partial charge in [-0.25, -0.2) is 0 Å². The molecule has 1 aromatic heterocycles. The Kier molecular flexibility index (Phi) is 4.98. The van der Waals surface area contributed by atoms with Gasteiger partial charge in [-0.1, -0.05) is 6.07 Å². The normalized spacial score (nSPS) is 9.88. The molecule has 1 heterocycles. The van der Waals surface area contributed by atoms with Gasteiger partial charge in [0.15, 0.2) is 0 Å². The van der Waals surface area contributed by atoms with Gasteiger partial charge in [-0.05, 0) is 17.9 Å². The molecule has 0 saturated heterocycles. The molecule has 1 aromatic rings. The van der Waals surface area contributed by atoms with Crippen molar-refractivity contribution >= 4 is 23.2 Å². The molecular formula is C11H15NO3S. The van der Waals surface area contributed by atoms with E-state index in [1.165, 1.54) is 12.0 Å². The molecule has 0 aliphatic rings. The summed E-state index contributed by atoms with van der Waals surface area (Å²) < 4.78 is 4.44. The van der Waals surface area contributed by atoms with Gasteiger partial charge in [0.1, 0.15) is 6.42 Å². The predicted molar refractivity (Wildman–Crippen MR) is 62.3 cm³/mol. The number of nitrogens with zero attached hydrogens (tertiary/aromatic N) is 1. The zero-order chi connectivity index (χ0) is 12.0. The molecule has 0 bridgehead atoms. The number of hydrogen-bond acceptors (Lipinski definition) is 4. The van der Waals surface area contributed by atoms with Crippen molar-refractivity contribution in [2.75, 3.05) is 20.7 Å². The first-order chi connectivity index (χ1) is 7.63. The molecule has 0 spiro atoms. The van der Waals surface area contributed by atoms with E-state index in [2.05, 4.69) is 4.74 Å². The van der Waals surface area contributed by atoms with E-state index in [-0.39, 0.29) is 12.3 Å². The van der Waals surface area contributed by atoms with Gasteiger partial charge in [-0.3, -0.25) is 9.59 Å². The van der Waals surface area contributed by atoms with E-state index >= 15 is 0 Å². The highest BCUT2D eigenvalue weighted by atomic mass is 32.1. The summed E-state index contributed by atoms with van der Waals surface area (Å²) in [5.41, 5.74) is 0. The summed E-state index contributed by atoms with van der Waals surface area (Å²) in [6.07, 6.45) is 0.637. The van der Waals surface area contributed by atoms with Crippen LogP contribution in [0.5, 0.6) is 0 Å². The van der Waals surface area contributed by atoms with Crippen molar-refractivity contribution in [1.82, 2.24) is 4.90 Å². The van der Waals surface area contributed by atoms with Crippen LogP contribution in [-0.2, 0) is 20.7 Å². The molecule has 1 rings (SSSR count). The standard InChI is InChI=1S/C11H15NO3S/c1-12(10(13)8-11(14)15-2)6-5-9-4-3-7-16-9/h3-4,7H,5-6,8H2,1-2H3. The summed E-state index contributed by atoms with van der Waals surface area (Å²) in [7, 11) is 2.97. The van der Waals surface area contributed by atoms with Crippen LogP contribution in [0.25, 0.3) is 0 Å². The lowest BCUT2D eigenvalue weighted by Crippen LogP contribution is -2.30. The Balaban J connectivity index is 2.31. The highest BCUT2D eigenvalue weighted by molar-refractivity contribution is 7.09. The Hall–Kier alpha value is -1.36. The third-order valence-electron chi connectivity index (χ3n) is 2.22. The van der Waals surface area contributed by atoms with E-state index in [1.807, 2.05) is 17.5 Å². The molecule has 0 aromatic carbocycles. The zero-order valence-electron chi connectivity index (χ0n) is 9.43. The Morgan fingerprint density at radius 3 is 2.81 bits per heavy atom. The molecule has 4 nitrogen and oxygen atoms in total. The van der Waals surface area contributed by atoms with Crippen molar-refractivity contribution in [3.05, 3.63) is 22.4 Å². The summed E-state index contributed by atoms with van der Waals surface area (Å²) in [4.78, 5) is 25.2. The van der Waals surface area contributed by atoms with Crippen LogP contribution >= 0.6 is 11.3 Å². The number of methoxy groups -OCH3 is 1. The number of hydrogen-bond donors (Lipinski definition) is 0. The second-order valence-corrected chi connectivity index (χ2v) is 4.43. The number of thiophene rings is 1. The molecular weight excluding hydrogens is 226 g/mol. The maximum atomic E-state index is 11.5. The molecule has 88 valence electrons. The van der Waals surface area contributed by atoms with Crippen LogP contribution in [0.4, 0.5) is 0 Å². The molecule has 5 heteroatoms. The van der Waals surface area contributed by atoms with Crippen LogP contribution in [0.15, 0.2) is 17.5 Å². The number of likely N-dealkylation sites (N-methyl/N-ethyl adjacent to an activating group) is 1. The van der Waals surface area contributed by atoms with Gasteiger partial charge >= 0.3 is 5.97 Å². The zero-order valence-corrected chi connectivity index (χ0v) is 10.3. The quantitative estimate of drug-likeness (QED) is 0.577. The van der Waals surface area contributed by atoms with Crippen molar-refractivity contribution in [3.63, 3.8) is 0 Å². The summed E-state index contributed by atoms with van der Waals surface area (Å²) in [5.74, 6) is -0.698. The summed E-state index contributed by atoms with van der Waals surface area (Å²) in [6.45, 7) is 0.621. The molecule has 0 atom stereocenters. The average Bonchev–Trinajstić information content (AvgIpc) is 2.78. The maximum absolute atomic E-state index is 11.5. The third kappa shape index (κ3) is 4.02. The first kappa shape index (κ1) is 12.7. The molecule has 0 aliphatic heterocycles. The van der Waals surface area contributed by atoms with Gasteiger partial charge in [0.05, 0.1) is 7.11 Å². The van der Waals surface area contributed by atoms with Gasteiger partial charge < -0.3 is 9.64 Å². The van der Waals surface area contributed by atoms with E-state index in [4.69, 9.17) is 0 Å². The Labute approximate surface area is 98.8 Å². The molecule has 0 saturated carbocycles. The van der Waals surface area contributed by atoms with Gasteiger partial charge in [-0.2, -0.15) is 0 Å². The van der Waals surface area contributed by atoms with E-state index in [9.17, 15) is 9.59 Å². The number of carbonyl (C=O) groups is 2. The van der Waals surface area contributed by atoms with Crippen LogP contribution in [0, 0.1) is 0 Å². The second kappa shape index (κ2) is 6.27. The molecule has 0 N–H and O–H groups in total. The smallest absolute Gasteiger partial charge is 0.315 e. The van der Waals surface area contributed by atoms with Crippen LogP contribution in [-0.4, -0.2) is 37.5 Å². The summed E-state index contributed by atoms with van der Waals surface area (Å²) in [5, 5.41) is 2.01. The largest absolute Gasteiger partial charge is 0.469 e. The van der Waals surface area contributed by atoms with E-state index in [0.717, 1.165) is 6.42 Å². The highest BCUT2D eigenvalue weighted by Gasteiger charge is 2.13. The van der Waals surface area contributed by atoms with Crippen molar-refractivity contribution in [2.45, 2.75) is 12.8 Å². The van der Waals surface area contributed by atoms with Crippen molar-refractivity contribution in [2.24, 2.45) is 0 Å². The molecule has 16 heavy (non-hydrogen) atoms. The van der Waals surface area contributed by atoms with Gasteiger partial charge in [0.25, 0.3) is 0 Å². The number of amides is 1. The Morgan fingerprint density at radius 1 is 1.50 bits per heavy atom. The number of ether oxygens (including phenoxy) is 1. The molecule has 1 amide bonds. The highest BCUT2D eigenvalue weighted by Crippen LogP contribution is 2.09. The topological polar surface area (TPSA) is 46.6 Å². The first-order valence-corrected chi connectivity index (χ1v) is 5.84. The van der Waals surface area contributed by atoms with Crippen molar-refractivity contribution in [3.8, 4) is 0 Å². The molecule has 0 fully saturated rings. The van der Waals surface area contributed by atoms with E-state index in [1.54, 1.807) is 23.3 Å². The third-order valence-corrected chi connectivity index (χ3v) is 3.16. The monoisotopic (exact) mass is 241 g/mol. The SMILES string of the molecule is COC(=O)CC(=O)N(C)CCc1cccs1. The van der Waals surface area contributed by atoms with Crippen LogP contribution < -0.4 is 0 Å². The number of esters is 1. The van der Waals surface area contributed by atoms with E-state index < -0.39 is 5.97 Å². The van der Waals surface area contributed by atoms with Gasteiger partial charge in [0.2, 0.25) is 5.91 Å². The fourth-order valence-electron chi connectivity index (χ4n) is 1.19. The lowest BCUT2D eigenvalue weighted by atomic mass is 10.3. The van der Waals surface area contributed by atoms with Gasteiger partial charge in [-0.15, -0.1) is 11.3 Å². The lowest BCUT2D eigenvalue weighted by molar-refractivity contribution is -0.146.